The van der Waals surface area contributed by atoms with Crippen molar-refractivity contribution < 1.29 is 9.59 Å². The van der Waals surface area contributed by atoms with Crippen molar-refractivity contribution in [3.63, 3.8) is 0 Å². The van der Waals surface area contributed by atoms with Gasteiger partial charge in [0, 0.05) is 13.1 Å². The minimum Gasteiger partial charge on any atom is -0.393 e. The Kier molecular flexibility index (Phi) is 5.84. The van der Waals surface area contributed by atoms with Gasteiger partial charge in [-0.3, -0.25) is 9.59 Å². The molecular weight excluding hydrogens is 214 g/mol. The molecule has 0 saturated heterocycles. The highest BCUT2D eigenvalue weighted by Gasteiger charge is 2.13. The van der Waals surface area contributed by atoms with E-state index in [1.807, 2.05) is 13.8 Å². The summed E-state index contributed by atoms with van der Waals surface area (Å²) in [7, 11) is 1.54. The molecule has 0 bridgehead atoms. The molecule has 3 N–H and O–H groups in total. The van der Waals surface area contributed by atoms with Gasteiger partial charge >= 0.3 is 0 Å². The maximum Gasteiger partial charge on any atom is 0.239 e. The summed E-state index contributed by atoms with van der Waals surface area (Å²) in [5, 5.41) is 2.68. The van der Waals surface area contributed by atoms with Crippen LogP contribution >= 0.6 is 12.2 Å². The van der Waals surface area contributed by atoms with Gasteiger partial charge in [0.15, 0.2) is 0 Å². The van der Waals surface area contributed by atoms with Crippen LogP contribution < -0.4 is 11.1 Å². The van der Waals surface area contributed by atoms with Crippen molar-refractivity contribution in [1.82, 2.24) is 10.2 Å². The number of carbonyl (C=O) groups excluding carboxylic acids is 2. The molecule has 0 aliphatic heterocycles. The lowest BCUT2D eigenvalue weighted by Gasteiger charge is -2.17. The second-order valence-electron chi connectivity index (χ2n) is 3.62. The highest BCUT2D eigenvalue weighted by molar-refractivity contribution is 7.80. The zero-order valence-corrected chi connectivity index (χ0v) is 10.1. The Labute approximate surface area is 95.0 Å². The third-order valence-corrected chi connectivity index (χ3v) is 1.73. The molecule has 2 amide bonds. The van der Waals surface area contributed by atoms with E-state index < -0.39 is 0 Å². The molecule has 0 aromatic rings. The summed E-state index contributed by atoms with van der Waals surface area (Å²) >= 11 is 4.60. The van der Waals surface area contributed by atoms with E-state index >= 15 is 0 Å². The van der Waals surface area contributed by atoms with Crippen LogP contribution in [0.3, 0.4) is 0 Å². The van der Waals surface area contributed by atoms with Crippen LogP contribution in [0, 0.1) is 0 Å². The number of amides is 2. The third kappa shape index (κ3) is 6.84. The monoisotopic (exact) mass is 231 g/mol. The van der Waals surface area contributed by atoms with Crippen molar-refractivity contribution in [2.75, 3.05) is 13.6 Å². The van der Waals surface area contributed by atoms with Crippen molar-refractivity contribution in [3.8, 4) is 0 Å². The number of nitrogens with one attached hydrogen (secondary N) is 1. The van der Waals surface area contributed by atoms with Gasteiger partial charge in [-0.05, 0) is 13.8 Å². The first-order chi connectivity index (χ1) is 6.82. The lowest BCUT2D eigenvalue weighted by atomic mass is 10.3. The van der Waals surface area contributed by atoms with Crippen LogP contribution in [0.5, 0.6) is 0 Å². The molecule has 0 aliphatic carbocycles. The molecule has 0 heterocycles. The summed E-state index contributed by atoms with van der Waals surface area (Å²) in [6.07, 6.45) is 0.000786. The minimum atomic E-state index is -0.249. The van der Waals surface area contributed by atoms with Crippen LogP contribution in [0.4, 0.5) is 0 Å². The smallest absolute Gasteiger partial charge is 0.239 e. The Hall–Kier alpha value is -1.17. The Bertz CT molecular complexity index is 266. The van der Waals surface area contributed by atoms with Gasteiger partial charge in [0.25, 0.3) is 0 Å². The molecule has 0 saturated carbocycles. The fourth-order valence-electron chi connectivity index (χ4n) is 0.955. The van der Waals surface area contributed by atoms with E-state index in [-0.39, 0.29) is 35.8 Å². The van der Waals surface area contributed by atoms with E-state index in [1.165, 1.54) is 4.90 Å². The lowest BCUT2D eigenvalue weighted by Crippen LogP contribution is -2.41. The number of hydrogen-bond donors (Lipinski definition) is 2. The topological polar surface area (TPSA) is 75.4 Å². The summed E-state index contributed by atoms with van der Waals surface area (Å²) in [6.45, 7) is 3.74. The van der Waals surface area contributed by atoms with E-state index in [9.17, 15) is 9.59 Å². The number of likely N-dealkylation sites (N-methyl/N-ethyl adjacent to an activating group) is 1. The van der Waals surface area contributed by atoms with Gasteiger partial charge in [-0.25, -0.2) is 0 Å². The molecule has 15 heavy (non-hydrogen) atoms. The van der Waals surface area contributed by atoms with Crippen molar-refractivity contribution in [1.29, 1.82) is 0 Å². The van der Waals surface area contributed by atoms with E-state index in [2.05, 4.69) is 17.5 Å². The first-order valence-electron chi connectivity index (χ1n) is 4.64. The first-order valence-corrected chi connectivity index (χ1v) is 5.05. The molecule has 86 valence electrons. The van der Waals surface area contributed by atoms with Crippen LogP contribution in [0.15, 0.2) is 0 Å². The van der Waals surface area contributed by atoms with Crippen molar-refractivity contribution in [2.24, 2.45) is 5.73 Å². The first kappa shape index (κ1) is 13.8. The zero-order valence-electron chi connectivity index (χ0n) is 9.24. The van der Waals surface area contributed by atoms with Gasteiger partial charge in [0.05, 0.1) is 18.0 Å². The molecule has 5 nitrogen and oxygen atoms in total. The second-order valence-corrected chi connectivity index (χ2v) is 4.14. The summed E-state index contributed by atoms with van der Waals surface area (Å²) in [6, 6.07) is 0.0663. The molecular formula is C9H17N3O2S. The average Bonchev–Trinajstić information content (AvgIpc) is 2.00. The van der Waals surface area contributed by atoms with Crippen LogP contribution in [0.25, 0.3) is 0 Å². The zero-order chi connectivity index (χ0) is 12.0. The predicted octanol–water partition coefficient (Wildman–Crippen LogP) is -0.354. The molecule has 0 atom stereocenters. The number of thiocarbonyl (C=S) groups is 1. The van der Waals surface area contributed by atoms with Gasteiger partial charge in [-0.15, -0.1) is 0 Å². The standard InChI is InChI=1S/C9H17N3O2S/c1-6(2)11-8(13)5-12(3)9(14)4-7(10)15/h6H,4-5H2,1-3H3,(H2,10,15)(H,11,13). The second kappa shape index (κ2) is 6.34. The average molecular weight is 231 g/mol. The van der Waals surface area contributed by atoms with Crippen LogP contribution in [0.1, 0.15) is 20.3 Å². The predicted molar refractivity (Wildman–Crippen MR) is 62.3 cm³/mol. The largest absolute Gasteiger partial charge is 0.393 e. The summed E-state index contributed by atoms with van der Waals surface area (Å²) < 4.78 is 0. The van der Waals surface area contributed by atoms with E-state index in [0.717, 1.165) is 0 Å². The number of hydrogen-bond acceptors (Lipinski definition) is 3. The lowest BCUT2D eigenvalue weighted by molar-refractivity contribution is -0.133. The third-order valence-electron chi connectivity index (χ3n) is 1.58. The molecule has 0 radical (unpaired) electrons. The maximum atomic E-state index is 11.4. The summed E-state index contributed by atoms with van der Waals surface area (Å²) in [4.78, 5) is 24.1. The van der Waals surface area contributed by atoms with Gasteiger partial charge in [-0.2, -0.15) is 0 Å². The minimum absolute atomic E-state index is 0.000786. The number of rotatable bonds is 5. The van der Waals surface area contributed by atoms with E-state index in [4.69, 9.17) is 5.73 Å². The maximum absolute atomic E-state index is 11.4. The normalized spacial score (nSPS) is 9.87. The number of carbonyl (C=O) groups is 2. The highest BCUT2D eigenvalue weighted by Crippen LogP contribution is 1.91. The Morgan fingerprint density at radius 3 is 2.40 bits per heavy atom. The van der Waals surface area contributed by atoms with Gasteiger partial charge < -0.3 is 16.0 Å². The number of nitrogens with zero attached hydrogens (tertiary/aromatic N) is 1. The quantitative estimate of drug-likeness (QED) is 0.634. The van der Waals surface area contributed by atoms with Crippen molar-refractivity contribution in [2.45, 2.75) is 26.3 Å². The molecule has 0 aliphatic rings. The Morgan fingerprint density at radius 2 is 2.00 bits per heavy atom. The summed E-state index contributed by atoms with van der Waals surface area (Å²) in [5.41, 5.74) is 5.23. The highest BCUT2D eigenvalue weighted by atomic mass is 32.1. The van der Waals surface area contributed by atoms with Crippen molar-refractivity contribution >= 4 is 29.0 Å². The molecule has 0 aromatic carbocycles. The molecule has 6 heteroatoms. The molecule has 0 rings (SSSR count). The fourth-order valence-corrected chi connectivity index (χ4v) is 1.08. The molecule has 0 aromatic heterocycles. The molecule has 0 unspecified atom stereocenters. The summed E-state index contributed by atoms with van der Waals surface area (Å²) in [5.74, 6) is -0.440. The molecule has 0 spiro atoms. The number of nitrogens with two attached hydrogens (primary N) is 1. The van der Waals surface area contributed by atoms with Crippen LogP contribution in [-0.2, 0) is 9.59 Å². The Morgan fingerprint density at radius 1 is 1.47 bits per heavy atom. The Balaban J connectivity index is 4.01. The van der Waals surface area contributed by atoms with E-state index in [0.29, 0.717) is 0 Å². The SMILES string of the molecule is CC(C)NC(=O)CN(C)C(=O)CC(N)=S. The van der Waals surface area contributed by atoms with Crippen LogP contribution in [-0.4, -0.2) is 41.3 Å². The van der Waals surface area contributed by atoms with Crippen molar-refractivity contribution in [3.05, 3.63) is 0 Å². The molecule has 0 fully saturated rings. The van der Waals surface area contributed by atoms with Gasteiger partial charge in [-0.1, -0.05) is 12.2 Å². The van der Waals surface area contributed by atoms with Gasteiger partial charge in [0.2, 0.25) is 11.8 Å². The van der Waals surface area contributed by atoms with Crippen LogP contribution in [0.2, 0.25) is 0 Å². The van der Waals surface area contributed by atoms with Gasteiger partial charge in [0.1, 0.15) is 0 Å². The fraction of sp³-hybridized carbons (Fsp3) is 0.667. The van der Waals surface area contributed by atoms with E-state index in [1.54, 1.807) is 7.05 Å².